The third kappa shape index (κ3) is 2.68. The first-order valence-corrected chi connectivity index (χ1v) is 8.36. The van der Waals surface area contributed by atoms with Crippen LogP contribution in [0.2, 0.25) is 0 Å². The summed E-state index contributed by atoms with van der Waals surface area (Å²) in [4.78, 5) is 13.5. The van der Waals surface area contributed by atoms with E-state index < -0.39 is 0 Å². The van der Waals surface area contributed by atoms with Crippen molar-refractivity contribution >= 4 is 32.7 Å². The smallest absolute Gasteiger partial charge is 0.163 e. The Morgan fingerprint density at radius 2 is 2.05 bits per heavy atom. The van der Waals surface area contributed by atoms with Crippen molar-refractivity contribution in [3.8, 4) is 11.4 Å². The monoisotopic (exact) mass is 356 g/mol. The van der Waals surface area contributed by atoms with E-state index in [4.69, 9.17) is 4.98 Å². The van der Waals surface area contributed by atoms with Gasteiger partial charge in [-0.15, -0.1) is 0 Å². The van der Waals surface area contributed by atoms with E-state index in [0.29, 0.717) is 5.82 Å². The van der Waals surface area contributed by atoms with Gasteiger partial charge in [0.05, 0.1) is 5.52 Å². The number of aromatic nitrogens is 3. The molecule has 0 spiro atoms. The van der Waals surface area contributed by atoms with E-state index in [1.807, 2.05) is 19.2 Å². The molecule has 0 unspecified atom stereocenters. The van der Waals surface area contributed by atoms with E-state index in [1.54, 1.807) is 12.4 Å². The van der Waals surface area contributed by atoms with Crippen LogP contribution in [0.25, 0.3) is 22.3 Å². The number of hydrogen-bond donors (Lipinski definition) is 1. The number of aryl methyl sites for hydroxylation is 1. The lowest BCUT2D eigenvalue weighted by Crippen LogP contribution is -2.01. The number of alkyl halides is 1. The Labute approximate surface area is 138 Å². The summed E-state index contributed by atoms with van der Waals surface area (Å²) in [5, 5.41) is 5.06. The second-order valence-electron chi connectivity index (χ2n) is 5.01. The summed E-state index contributed by atoms with van der Waals surface area (Å²) in [6.45, 7) is 2.16. The maximum absolute atomic E-state index is 4.73. The van der Waals surface area contributed by atoms with Crippen LogP contribution in [-0.4, -0.2) is 22.0 Å². The minimum absolute atomic E-state index is 0.690. The lowest BCUT2D eigenvalue weighted by atomic mass is 10.0. The average molecular weight is 357 g/mol. The minimum Gasteiger partial charge on any atom is -0.373 e. The summed E-state index contributed by atoms with van der Waals surface area (Å²) in [5.74, 6) is 1.54. The Bertz CT molecular complexity index is 803. The van der Waals surface area contributed by atoms with E-state index in [0.717, 1.165) is 34.0 Å². The van der Waals surface area contributed by atoms with Crippen molar-refractivity contribution in [1.29, 1.82) is 0 Å². The molecule has 112 valence electrons. The van der Waals surface area contributed by atoms with Crippen molar-refractivity contribution in [3.05, 3.63) is 47.8 Å². The molecule has 0 saturated heterocycles. The molecule has 5 heteroatoms. The number of nitrogens with one attached hydrogen (secondary N) is 1. The van der Waals surface area contributed by atoms with Crippen molar-refractivity contribution in [3.63, 3.8) is 0 Å². The molecule has 3 rings (SSSR count). The third-order valence-electron chi connectivity index (χ3n) is 3.70. The number of fused-ring (bicyclic) bond motifs is 1. The number of hydrogen-bond acceptors (Lipinski definition) is 4. The van der Waals surface area contributed by atoms with Crippen LogP contribution in [0, 0.1) is 0 Å². The van der Waals surface area contributed by atoms with Crippen molar-refractivity contribution in [1.82, 2.24) is 15.0 Å². The Hall–Kier alpha value is -2.01. The lowest BCUT2D eigenvalue weighted by molar-refractivity contribution is 1.10. The molecule has 0 aliphatic heterocycles. The molecule has 4 nitrogen and oxygen atoms in total. The molecule has 2 aromatic heterocycles. The lowest BCUT2D eigenvalue weighted by Gasteiger charge is -2.12. The average Bonchev–Trinajstić information content (AvgIpc) is 2.60. The standard InChI is InChI=1S/C17H17BrN4/c1-3-11-7-14-15(8-13(11)9-18)21-16(22-17(14)19-2)12-5-4-6-20-10-12/h4-8,10H,3,9H2,1-2H3,(H,19,21,22). The van der Waals surface area contributed by atoms with Gasteiger partial charge in [0.2, 0.25) is 0 Å². The Balaban J connectivity index is 2.27. The quantitative estimate of drug-likeness (QED) is 0.712. The second kappa shape index (κ2) is 6.40. The third-order valence-corrected chi connectivity index (χ3v) is 4.30. The van der Waals surface area contributed by atoms with E-state index >= 15 is 0 Å². The van der Waals surface area contributed by atoms with Gasteiger partial charge in [-0.3, -0.25) is 4.98 Å². The van der Waals surface area contributed by atoms with Gasteiger partial charge >= 0.3 is 0 Å². The fourth-order valence-electron chi connectivity index (χ4n) is 2.53. The first-order valence-electron chi connectivity index (χ1n) is 7.24. The number of nitrogens with zero attached hydrogens (tertiary/aromatic N) is 3. The molecule has 1 N–H and O–H groups in total. The van der Waals surface area contributed by atoms with Gasteiger partial charge in [-0.05, 0) is 41.8 Å². The first kappa shape index (κ1) is 14.9. The van der Waals surface area contributed by atoms with Crippen LogP contribution < -0.4 is 5.32 Å². The number of rotatable bonds is 4. The van der Waals surface area contributed by atoms with Gasteiger partial charge in [-0.25, -0.2) is 9.97 Å². The van der Waals surface area contributed by atoms with Gasteiger partial charge in [0.15, 0.2) is 5.82 Å². The number of anilines is 1. The van der Waals surface area contributed by atoms with Gasteiger partial charge in [0.25, 0.3) is 0 Å². The maximum Gasteiger partial charge on any atom is 0.163 e. The molecule has 0 amide bonds. The van der Waals surface area contributed by atoms with Crippen LogP contribution in [-0.2, 0) is 11.8 Å². The molecule has 0 fully saturated rings. The molecular weight excluding hydrogens is 340 g/mol. The Morgan fingerprint density at radius 3 is 2.68 bits per heavy atom. The van der Waals surface area contributed by atoms with E-state index in [-0.39, 0.29) is 0 Å². The summed E-state index contributed by atoms with van der Waals surface area (Å²) >= 11 is 3.56. The molecule has 0 aliphatic rings. The van der Waals surface area contributed by atoms with Crippen molar-refractivity contribution in [2.75, 3.05) is 12.4 Å². The predicted molar refractivity (Wildman–Crippen MR) is 94.3 cm³/mol. The number of benzene rings is 1. The Morgan fingerprint density at radius 1 is 1.18 bits per heavy atom. The fraction of sp³-hybridized carbons (Fsp3) is 0.235. The SMILES string of the molecule is CCc1cc2c(NC)nc(-c3cccnc3)nc2cc1CBr. The Kier molecular flexibility index (Phi) is 4.34. The molecule has 0 atom stereocenters. The molecule has 0 bridgehead atoms. The van der Waals surface area contributed by atoms with E-state index in [2.05, 4.69) is 50.3 Å². The fourth-order valence-corrected chi connectivity index (χ4v) is 3.05. The van der Waals surface area contributed by atoms with Crippen LogP contribution in [0.15, 0.2) is 36.7 Å². The summed E-state index contributed by atoms with van der Waals surface area (Å²) in [6.07, 6.45) is 4.52. The number of pyridine rings is 1. The van der Waals surface area contributed by atoms with Gasteiger partial charge in [-0.2, -0.15) is 0 Å². The summed E-state index contributed by atoms with van der Waals surface area (Å²) in [6, 6.07) is 8.20. The zero-order valence-corrected chi connectivity index (χ0v) is 14.2. The molecule has 3 aromatic rings. The van der Waals surface area contributed by atoms with Gasteiger partial charge in [0, 0.05) is 35.7 Å². The van der Waals surface area contributed by atoms with Crippen molar-refractivity contribution in [2.24, 2.45) is 0 Å². The van der Waals surface area contributed by atoms with Crippen molar-refractivity contribution in [2.45, 2.75) is 18.7 Å². The van der Waals surface area contributed by atoms with Crippen LogP contribution >= 0.6 is 15.9 Å². The van der Waals surface area contributed by atoms with Crippen LogP contribution in [0.5, 0.6) is 0 Å². The number of halogens is 1. The maximum atomic E-state index is 4.73. The van der Waals surface area contributed by atoms with E-state index in [1.165, 1.54) is 11.1 Å². The second-order valence-corrected chi connectivity index (χ2v) is 5.57. The highest BCUT2D eigenvalue weighted by Crippen LogP contribution is 2.28. The van der Waals surface area contributed by atoms with E-state index in [9.17, 15) is 0 Å². The molecule has 22 heavy (non-hydrogen) atoms. The van der Waals surface area contributed by atoms with Gasteiger partial charge in [-0.1, -0.05) is 22.9 Å². The highest BCUT2D eigenvalue weighted by atomic mass is 79.9. The van der Waals surface area contributed by atoms with Gasteiger partial charge < -0.3 is 5.32 Å². The topological polar surface area (TPSA) is 50.7 Å². The largest absolute Gasteiger partial charge is 0.373 e. The molecule has 2 heterocycles. The summed E-state index contributed by atoms with van der Waals surface area (Å²) in [5.41, 5.74) is 4.46. The molecule has 0 radical (unpaired) electrons. The van der Waals surface area contributed by atoms with Crippen LogP contribution in [0.4, 0.5) is 5.82 Å². The predicted octanol–water partition coefficient (Wildman–Crippen LogP) is 4.19. The zero-order chi connectivity index (χ0) is 15.5. The zero-order valence-electron chi connectivity index (χ0n) is 12.6. The summed E-state index contributed by atoms with van der Waals surface area (Å²) < 4.78 is 0. The highest BCUT2D eigenvalue weighted by Gasteiger charge is 2.11. The first-order chi connectivity index (χ1) is 10.8. The highest BCUT2D eigenvalue weighted by molar-refractivity contribution is 9.08. The molecule has 0 aliphatic carbocycles. The molecular formula is C17H17BrN4. The summed E-state index contributed by atoms with van der Waals surface area (Å²) in [7, 11) is 1.89. The van der Waals surface area contributed by atoms with Crippen LogP contribution in [0.1, 0.15) is 18.1 Å². The normalized spacial score (nSPS) is 10.9. The van der Waals surface area contributed by atoms with Crippen molar-refractivity contribution < 1.29 is 0 Å². The minimum atomic E-state index is 0.690. The van der Waals surface area contributed by atoms with Crippen LogP contribution in [0.3, 0.4) is 0 Å². The molecule has 0 saturated carbocycles. The molecule has 1 aromatic carbocycles. The van der Waals surface area contributed by atoms with Gasteiger partial charge in [0.1, 0.15) is 5.82 Å².